The third kappa shape index (κ3) is 5.42. The molecule has 1 aliphatic rings. The summed E-state index contributed by atoms with van der Waals surface area (Å²) in [6.45, 7) is 0.505. The molecule has 21 heavy (non-hydrogen) atoms. The number of rotatable bonds is 8. The Morgan fingerprint density at radius 2 is 2.24 bits per heavy atom. The molecular weight excluding hydrogens is 270 g/mol. The molecule has 1 fully saturated rings. The first-order valence-electron chi connectivity index (χ1n) is 6.99. The van der Waals surface area contributed by atoms with Gasteiger partial charge in [0.1, 0.15) is 24.5 Å². The molecule has 1 aromatic rings. The molecular formula is C15H19N3O3. The molecule has 0 spiro atoms. The summed E-state index contributed by atoms with van der Waals surface area (Å²) in [6.07, 6.45) is 1.37. The average Bonchev–Trinajstić information content (AvgIpc) is 3.29. The molecule has 2 rings (SSSR count). The summed E-state index contributed by atoms with van der Waals surface area (Å²) in [5, 5.41) is 24.4. The normalized spacial score (nSPS) is 15.0. The molecule has 112 valence electrons. The van der Waals surface area contributed by atoms with Gasteiger partial charge in [-0.15, -0.1) is 0 Å². The number of nitriles is 1. The number of para-hydroxylation sites is 1. The van der Waals surface area contributed by atoms with Crippen molar-refractivity contribution in [3.8, 4) is 11.8 Å². The van der Waals surface area contributed by atoms with Crippen molar-refractivity contribution >= 4 is 5.91 Å². The van der Waals surface area contributed by atoms with Gasteiger partial charge < -0.3 is 20.5 Å². The molecule has 6 nitrogen and oxygen atoms in total. The number of benzene rings is 1. The van der Waals surface area contributed by atoms with E-state index in [-0.39, 0.29) is 25.6 Å². The van der Waals surface area contributed by atoms with Crippen LogP contribution < -0.4 is 15.4 Å². The number of nitrogens with one attached hydrogen (secondary N) is 2. The summed E-state index contributed by atoms with van der Waals surface area (Å²) in [6, 6.07) is 9.22. The minimum Gasteiger partial charge on any atom is -0.489 e. The number of carbonyl (C=O) groups is 1. The second-order valence-corrected chi connectivity index (χ2v) is 5.05. The van der Waals surface area contributed by atoms with Crippen LogP contribution in [0, 0.1) is 11.3 Å². The fourth-order valence-corrected chi connectivity index (χ4v) is 1.79. The van der Waals surface area contributed by atoms with Gasteiger partial charge in [-0.05, 0) is 25.0 Å². The smallest absolute Gasteiger partial charge is 0.234 e. The molecule has 0 saturated heterocycles. The van der Waals surface area contributed by atoms with Crippen LogP contribution in [0.2, 0.25) is 0 Å². The Kier molecular flexibility index (Phi) is 5.55. The third-order valence-electron chi connectivity index (χ3n) is 3.05. The van der Waals surface area contributed by atoms with Gasteiger partial charge in [0.25, 0.3) is 0 Å². The number of aliphatic hydroxyl groups is 1. The molecule has 1 saturated carbocycles. The zero-order valence-corrected chi connectivity index (χ0v) is 11.7. The van der Waals surface area contributed by atoms with Crippen molar-refractivity contribution in [1.82, 2.24) is 10.6 Å². The maximum Gasteiger partial charge on any atom is 0.234 e. The van der Waals surface area contributed by atoms with Crippen LogP contribution in [0.15, 0.2) is 24.3 Å². The lowest BCUT2D eigenvalue weighted by Gasteiger charge is -2.13. The summed E-state index contributed by atoms with van der Waals surface area (Å²) < 4.78 is 5.41. The number of aliphatic hydroxyl groups excluding tert-OH is 1. The van der Waals surface area contributed by atoms with E-state index in [4.69, 9.17) is 10.00 Å². The second-order valence-electron chi connectivity index (χ2n) is 5.05. The topological polar surface area (TPSA) is 94.4 Å². The van der Waals surface area contributed by atoms with Gasteiger partial charge in [0.2, 0.25) is 5.91 Å². The number of carbonyl (C=O) groups excluding carboxylic acids is 1. The Morgan fingerprint density at radius 1 is 1.48 bits per heavy atom. The van der Waals surface area contributed by atoms with Crippen LogP contribution in [-0.2, 0) is 4.79 Å². The monoisotopic (exact) mass is 289 g/mol. The molecule has 1 amide bonds. The SMILES string of the molecule is N#Cc1ccccc1OCC(O)CNCC(=O)NC1CC1. The Balaban J connectivity index is 1.63. The van der Waals surface area contributed by atoms with Gasteiger partial charge in [0.15, 0.2) is 0 Å². The van der Waals surface area contributed by atoms with E-state index in [0.717, 1.165) is 12.8 Å². The highest BCUT2D eigenvalue weighted by atomic mass is 16.5. The Hall–Kier alpha value is -2.10. The molecule has 3 N–H and O–H groups in total. The standard InChI is InChI=1S/C15H19N3O3/c16-7-11-3-1-2-4-14(11)21-10-13(19)8-17-9-15(20)18-12-5-6-12/h1-4,12-13,17,19H,5-6,8-10H2,(H,18,20). The van der Waals surface area contributed by atoms with E-state index in [1.807, 2.05) is 6.07 Å². The Labute approximate surface area is 123 Å². The zero-order chi connectivity index (χ0) is 15.1. The maximum absolute atomic E-state index is 11.4. The molecule has 1 aromatic carbocycles. The third-order valence-corrected chi connectivity index (χ3v) is 3.05. The first-order valence-corrected chi connectivity index (χ1v) is 6.99. The summed E-state index contributed by atoms with van der Waals surface area (Å²) in [7, 11) is 0. The first-order chi connectivity index (χ1) is 10.2. The van der Waals surface area contributed by atoms with Crippen molar-refractivity contribution in [3.05, 3.63) is 29.8 Å². The molecule has 1 unspecified atom stereocenters. The van der Waals surface area contributed by atoms with Crippen LogP contribution in [-0.4, -0.2) is 42.9 Å². The highest BCUT2D eigenvalue weighted by Crippen LogP contribution is 2.18. The average molecular weight is 289 g/mol. The van der Waals surface area contributed by atoms with Gasteiger partial charge in [0.05, 0.1) is 12.1 Å². The number of hydrogen-bond donors (Lipinski definition) is 3. The fraction of sp³-hybridized carbons (Fsp3) is 0.467. The maximum atomic E-state index is 11.4. The van der Waals surface area contributed by atoms with E-state index in [9.17, 15) is 9.90 Å². The summed E-state index contributed by atoms with van der Waals surface area (Å²) in [5.41, 5.74) is 0.432. The number of amides is 1. The van der Waals surface area contributed by atoms with E-state index >= 15 is 0 Å². The summed E-state index contributed by atoms with van der Waals surface area (Å²) in [5.74, 6) is 0.394. The number of hydrogen-bond acceptors (Lipinski definition) is 5. The highest BCUT2D eigenvalue weighted by molar-refractivity contribution is 5.78. The lowest BCUT2D eigenvalue weighted by Crippen LogP contribution is -2.39. The van der Waals surface area contributed by atoms with Gasteiger partial charge in [-0.3, -0.25) is 4.79 Å². The number of nitrogens with zero attached hydrogens (tertiary/aromatic N) is 1. The minimum atomic E-state index is -0.745. The zero-order valence-electron chi connectivity index (χ0n) is 11.7. The highest BCUT2D eigenvalue weighted by Gasteiger charge is 2.22. The summed E-state index contributed by atoms with van der Waals surface area (Å²) in [4.78, 5) is 11.4. The predicted molar refractivity (Wildman–Crippen MR) is 76.7 cm³/mol. The van der Waals surface area contributed by atoms with E-state index in [2.05, 4.69) is 10.6 Å². The van der Waals surface area contributed by atoms with Crippen molar-refractivity contribution < 1.29 is 14.6 Å². The van der Waals surface area contributed by atoms with Crippen molar-refractivity contribution in [2.75, 3.05) is 19.7 Å². The van der Waals surface area contributed by atoms with Crippen molar-refractivity contribution in [1.29, 1.82) is 5.26 Å². The second kappa shape index (κ2) is 7.62. The van der Waals surface area contributed by atoms with Crippen molar-refractivity contribution in [2.24, 2.45) is 0 Å². The minimum absolute atomic E-state index is 0.0551. The van der Waals surface area contributed by atoms with E-state index in [1.165, 1.54) is 0 Å². The lowest BCUT2D eigenvalue weighted by molar-refractivity contribution is -0.120. The van der Waals surface area contributed by atoms with Crippen LogP contribution in [0.3, 0.4) is 0 Å². The summed E-state index contributed by atoms with van der Waals surface area (Å²) >= 11 is 0. The lowest BCUT2D eigenvalue weighted by atomic mass is 10.2. The van der Waals surface area contributed by atoms with E-state index < -0.39 is 6.10 Å². The van der Waals surface area contributed by atoms with Gasteiger partial charge in [-0.1, -0.05) is 12.1 Å². The fourth-order valence-electron chi connectivity index (χ4n) is 1.79. The van der Waals surface area contributed by atoms with Crippen LogP contribution in [0.4, 0.5) is 0 Å². The molecule has 0 aliphatic heterocycles. The number of ether oxygens (including phenoxy) is 1. The predicted octanol–water partition coefficient (Wildman–Crippen LogP) is 0.166. The quantitative estimate of drug-likeness (QED) is 0.634. The molecule has 1 aliphatic carbocycles. The molecule has 1 atom stereocenters. The van der Waals surface area contributed by atoms with Gasteiger partial charge in [-0.25, -0.2) is 0 Å². The van der Waals surface area contributed by atoms with Gasteiger partial charge in [0, 0.05) is 12.6 Å². The Bertz CT molecular complexity index is 523. The van der Waals surface area contributed by atoms with E-state index in [1.54, 1.807) is 24.3 Å². The molecule has 0 heterocycles. The molecule has 0 radical (unpaired) electrons. The first kappa shape index (κ1) is 15.3. The van der Waals surface area contributed by atoms with Crippen molar-refractivity contribution in [3.63, 3.8) is 0 Å². The van der Waals surface area contributed by atoms with Gasteiger partial charge >= 0.3 is 0 Å². The molecule has 6 heteroatoms. The van der Waals surface area contributed by atoms with Crippen molar-refractivity contribution in [2.45, 2.75) is 25.0 Å². The van der Waals surface area contributed by atoms with Crippen LogP contribution in [0.25, 0.3) is 0 Å². The van der Waals surface area contributed by atoms with Gasteiger partial charge in [-0.2, -0.15) is 5.26 Å². The van der Waals surface area contributed by atoms with Crippen LogP contribution in [0.5, 0.6) is 5.75 Å². The van der Waals surface area contributed by atoms with Crippen LogP contribution in [0.1, 0.15) is 18.4 Å². The Morgan fingerprint density at radius 3 is 2.95 bits per heavy atom. The van der Waals surface area contributed by atoms with E-state index in [0.29, 0.717) is 17.4 Å². The molecule has 0 bridgehead atoms. The molecule has 0 aromatic heterocycles. The largest absolute Gasteiger partial charge is 0.489 e. The van der Waals surface area contributed by atoms with Crippen LogP contribution >= 0.6 is 0 Å².